The Bertz CT molecular complexity index is 473. The van der Waals surface area contributed by atoms with Crippen LogP contribution in [0.4, 0.5) is 5.69 Å². The second kappa shape index (κ2) is 7.38. The quantitative estimate of drug-likeness (QED) is 0.664. The predicted octanol–water partition coefficient (Wildman–Crippen LogP) is 2.48. The minimum absolute atomic E-state index is 0.291. The van der Waals surface area contributed by atoms with Gasteiger partial charge in [0.15, 0.2) is 0 Å². The van der Waals surface area contributed by atoms with Gasteiger partial charge < -0.3 is 10.2 Å². The van der Waals surface area contributed by atoms with Gasteiger partial charge in [-0.1, -0.05) is 23.8 Å². The average molecular weight is 279 g/mol. The second-order valence-corrected chi connectivity index (χ2v) is 4.18. The van der Waals surface area contributed by atoms with E-state index in [1.165, 1.54) is 4.90 Å². The van der Waals surface area contributed by atoms with Crippen LogP contribution in [0, 0.1) is 0 Å². The number of rotatable bonds is 5. The molecule has 0 aliphatic heterocycles. The Morgan fingerprint density at radius 1 is 1.16 bits per heavy atom. The van der Waals surface area contributed by atoms with Crippen LogP contribution >= 0.6 is 11.6 Å². The molecule has 0 atom stereocenters. The van der Waals surface area contributed by atoms with Crippen molar-refractivity contribution in [1.82, 2.24) is 4.90 Å². The molecule has 1 rings (SSSR count). The molecule has 0 saturated carbocycles. The van der Waals surface area contributed by atoms with Crippen molar-refractivity contribution in [3.63, 3.8) is 0 Å². The van der Waals surface area contributed by atoms with Gasteiger partial charge in [0.25, 0.3) is 0 Å². The lowest BCUT2D eigenvalue weighted by Crippen LogP contribution is -2.39. The minimum atomic E-state index is -0.703. The lowest BCUT2D eigenvalue weighted by atomic mass is 10.3. The maximum Gasteiger partial charge on any atom is 0.313 e. The molecule has 4 nitrogen and oxygen atoms in total. The first-order valence-corrected chi connectivity index (χ1v) is 6.04. The summed E-state index contributed by atoms with van der Waals surface area (Å²) in [7, 11) is 0. The summed E-state index contributed by atoms with van der Waals surface area (Å²) < 4.78 is 0. The van der Waals surface area contributed by atoms with Crippen molar-refractivity contribution >= 4 is 29.1 Å². The van der Waals surface area contributed by atoms with Gasteiger partial charge in [-0.3, -0.25) is 9.59 Å². The maximum atomic E-state index is 11.9. The summed E-state index contributed by atoms with van der Waals surface area (Å²) in [6, 6.07) is 6.51. The highest BCUT2D eigenvalue weighted by atomic mass is 35.5. The van der Waals surface area contributed by atoms with Gasteiger partial charge in [0.05, 0.1) is 0 Å². The van der Waals surface area contributed by atoms with Crippen LogP contribution in [0.3, 0.4) is 0 Å². The van der Waals surface area contributed by atoms with Crippen LogP contribution in [-0.4, -0.2) is 29.8 Å². The molecule has 0 aliphatic rings. The normalized spacial score (nSPS) is 9.53. The first-order valence-electron chi connectivity index (χ1n) is 5.66. The van der Waals surface area contributed by atoms with Crippen molar-refractivity contribution in [3.8, 4) is 0 Å². The van der Waals surface area contributed by atoms with Crippen molar-refractivity contribution in [2.45, 2.75) is 0 Å². The summed E-state index contributed by atoms with van der Waals surface area (Å²) in [5.74, 6) is -1.33. The molecule has 100 valence electrons. The van der Waals surface area contributed by atoms with Gasteiger partial charge in [-0.25, -0.2) is 0 Å². The number of hydrogen-bond donors (Lipinski definition) is 1. The largest absolute Gasteiger partial charge is 0.327 e. The molecule has 2 amide bonds. The molecule has 0 radical (unpaired) electrons. The Kier molecular flexibility index (Phi) is 5.82. The third-order valence-electron chi connectivity index (χ3n) is 2.28. The van der Waals surface area contributed by atoms with E-state index in [1.54, 1.807) is 36.4 Å². The number of benzene rings is 1. The highest BCUT2D eigenvalue weighted by Crippen LogP contribution is 2.13. The summed E-state index contributed by atoms with van der Waals surface area (Å²) in [6.45, 7) is 7.67. The summed E-state index contributed by atoms with van der Waals surface area (Å²) in [4.78, 5) is 25.0. The fourth-order valence-electron chi connectivity index (χ4n) is 1.41. The lowest BCUT2D eigenvalue weighted by molar-refractivity contribution is -0.142. The number of anilines is 1. The molecule has 1 aromatic carbocycles. The third-order valence-corrected chi connectivity index (χ3v) is 2.53. The Hall–Kier alpha value is -2.07. The zero-order valence-corrected chi connectivity index (χ0v) is 11.2. The van der Waals surface area contributed by atoms with Crippen LogP contribution in [0.1, 0.15) is 0 Å². The number of hydrogen-bond acceptors (Lipinski definition) is 2. The second-order valence-electron chi connectivity index (χ2n) is 3.75. The Labute approximate surface area is 117 Å². The standard InChI is InChI=1S/C14H15ClN2O2/c1-3-9-17(10-4-2)14(19)13(18)16-12-7-5-11(15)6-8-12/h3-8H,1-2,9-10H2,(H,16,18). The number of halogens is 1. The first kappa shape index (κ1) is 15.0. The highest BCUT2D eigenvalue weighted by molar-refractivity contribution is 6.39. The van der Waals surface area contributed by atoms with Crippen LogP contribution in [0.25, 0.3) is 0 Å². The highest BCUT2D eigenvalue weighted by Gasteiger charge is 2.19. The predicted molar refractivity (Wildman–Crippen MR) is 77.1 cm³/mol. The fraction of sp³-hybridized carbons (Fsp3) is 0.143. The third kappa shape index (κ3) is 4.60. The number of carbonyl (C=O) groups excluding carboxylic acids is 2. The smallest absolute Gasteiger partial charge is 0.313 e. The van der Waals surface area contributed by atoms with E-state index < -0.39 is 11.8 Å². The first-order chi connectivity index (χ1) is 9.08. The molecule has 1 N–H and O–H groups in total. The van der Waals surface area contributed by atoms with E-state index in [2.05, 4.69) is 18.5 Å². The topological polar surface area (TPSA) is 49.4 Å². The molecular formula is C14H15ClN2O2. The molecular weight excluding hydrogens is 264 g/mol. The summed E-state index contributed by atoms with van der Waals surface area (Å²) in [6.07, 6.45) is 3.11. The van der Waals surface area contributed by atoms with E-state index in [0.717, 1.165) is 0 Å². The van der Waals surface area contributed by atoms with Crippen LogP contribution in [0.5, 0.6) is 0 Å². The zero-order valence-electron chi connectivity index (χ0n) is 10.4. The number of carbonyl (C=O) groups is 2. The lowest BCUT2D eigenvalue weighted by Gasteiger charge is -2.18. The van der Waals surface area contributed by atoms with Crippen molar-refractivity contribution in [2.24, 2.45) is 0 Å². The van der Waals surface area contributed by atoms with E-state index in [4.69, 9.17) is 11.6 Å². The monoisotopic (exact) mass is 278 g/mol. The molecule has 0 aliphatic carbocycles. The van der Waals surface area contributed by atoms with Crippen molar-refractivity contribution in [1.29, 1.82) is 0 Å². The van der Waals surface area contributed by atoms with E-state index in [-0.39, 0.29) is 0 Å². The molecule has 19 heavy (non-hydrogen) atoms. The van der Waals surface area contributed by atoms with Gasteiger partial charge in [-0.15, -0.1) is 13.2 Å². The maximum absolute atomic E-state index is 11.9. The van der Waals surface area contributed by atoms with Crippen molar-refractivity contribution < 1.29 is 9.59 Å². The molecule has 0 heterocycles. The summed E-state index contributed by atoms with van der Waals surface area (Å²) in [5, 5.41) is 3.07. The number of nitrogens with zero attached hydrogens (tertiary/aromatic N) is 1. The van der Waals surface area contributed by atoms with Crippen LogP contribution < -0.4 is 5.32 Å². The van der Waals surface area contributed by atoms with E-state index >= 15 is 0 Å². The molecule has 0 spiro atoms. The van der Waals surface area contributed by atoms with Crippen molar-refractivity contribution in [2.75, 3.05) is 18.4 Å². The van der Waals surface area contributed by atoms with E-state index in [0.29, 0.717) is 23.8 Å². The average Bonchev–Trinajstić information content (AvgIpc) is 2.40. The summed E-state index contributed by atoms with van der Waals surface area (Å²) >= 11 is 5.73. The Morgan fingerprint density at radius 3 is 2.16 bits per heavy atom. The summed E-state index contributed by atoms with van der Waals surface area (Å²) in [5.41, 5.74) is 0.514. The SMILES string of the molecule is C=CCN(CC=C)C(=O)C(=O)Nc1ccc(Cl)cc1. The van der Waals surface area contributed by atoms with Gasteiger partial charge in [0.2, 0.25) is 0 Å². The van der Waals surface area contributed by atoms with E-state index in [9.17, 15) is 9.59 Å². The fourth-order valence-corrected chi connectivity index (χ4v) is 1.54. The van der Waals surface area contributed by atoms with Gasteiger partial charge in [0, 0.05) is 23.8 Å². The molecule has 0 saturated heterocycles. The Balaban J connectivity index is 2.70. The molecule has 0 unspecified atom stereocenters. The van der Waals surface area contributed by atoms with Gasteiger partial charge in [-0.2, -0.15) is 0 Å². The molecule has 0 bridgehead atoms. The minimum Gasteiger partial charge on any atom is -0.327 e. The molecule has 5 heteroatoms. The van der Waals surface area contributed by atoms with Gasteiger partial charge in [-0.05, 0) is 24.3 Å². The Morgan fingerprint density at radius 2 is 1.68 bits per heavy atom. The molecule has 0 aromatic heterocycles. The number of amides is 2. The number of nitrogens with one attached hydrogen (secondary N) is 1. The van der Waals surface area contributed by atoms with Gasteiger partial charge in [0.1, 0.15) is 0 Å². The van der Waals surface area contributed by atoms with Crippen molar-refractivity contribution in [3.05, 3.63) is 54.6 Å². The van der Waals surface area contributed by atoms with Gasteiger partial charge >= 0.3 is 11.8 Å². The zero-order chi connectivity index (χ0) is 14.3. The van der Waals surface area contributed by atoms with Crippen LogP contribution in [-0.2, 0) is 9.59 Å². The molecule has 0 fully saturated rings. The molecule has 1 aromatic rings. The van der Waals surface area contributed by atoms with Crippen LogP contribution in [0.2, 0.25) is 5.02 Å². The van der Waals surface area contributed by atoms with Crippen LogP contribution in [0.15, 0.2) is 49.6 Å². The van der Waals surface area contributed by atoms with E-state index in [1.807, 2.05) is 0 Å².